The molecule has 8 nitrogen and oxygen atoms in total. The van der Waals surface area contributed by atoms with Crippen molar-refractivity contribution in [1.82, 2.24) is 20.2 Å². The summed E-state index contributed by atoms with van der Waals surface area (Å²) in [7, 11) is 0. The average molecular weight is 455 g/mol. The van der Waals surface area contributed by atoms with Crippen molar-refractivity contribution in [2.75, 3.05) is 0 Å². The van der Waals surface area contributed by atoms with Crippen LogP contribution in [0.3, 0.4) is 0 Å². The number of imidazole rings is 1. The van der Waals surface area contributed by atoms with Crippen molar-refractivity contribution in [1.29, 1.82) is 0 Å². The van der Waals surface area contributed by atoms with E-state index in [2.05, 4.69) is 15.2 Å². The maximum absolute atomic E-state index is 10.8. The lowest BCUT2D eigenvalue weighted by Gasteiger charge is -2.02. The highest BCUT2D eigenvalue weighted by Crippen LogP contribution is 2.33. The number of nitro benzene ring substituents is 1. The molecule has 0 saturated carbocycles. The van der Waals surface area contributed by atoms with E-state index in [0.29, 0.717) is 23.1 Å². The summed E-state index contributed by atoms with van der Waals surface area (Å²) in [6, 6.07) is 26.1. The fourth-order valence-corrected chi connectivity index (χ4v) is 4.03. The molecule has 0 amide bonds. The maximum atomic E-state index is 10.8. The molecule has 33 heavy (non-hydrogen) atoms. The zero-order valence-electron chi connectivity index (χ0n) is 17.2. The minimum Gasteiger partial charge on any atom is -0.420 e. The first-order valence-corrected chi connectivity index (χ1v) is 11.1. The molecule has 9 heteroatoms. The van der Waals surface area contributed by atoms with Crippen LogP contribution in [0.2, 0.25) is 0 Å². The number of hydrogen-bond acceptors (Lipinski definition) is 7. The van der Waals surface area contributed by atoms with Gasteiger partial charge in [-0.2, -0.15) is 0 Å². The second-order valence-corrected chi connectivity index (χ2v) is 8.06. The summed E-state index contributed by atoms with van der Waals surface area (Å²) in [5.41, 5.74) is 4.53. The lowest BCUT2D eigenvalue weighted by Crippen LogP contribution is -1.87. The Morgan fingerprint density at radius 3 is 2.18 bits per heavy atom. The van der Waals surface area contributed by atoms with Gasteiger partial charge >= 0.3 is 0 Å². The van der Waals surface area contributed by atoms with Gasteiger partial charge in [-0.25, -0.2) is 4.98 Å². The fourth-order valence-electron chi connectivity index (χ4n) is 3.32. The summed E-state index contributed by atoms with van der Waals surface area (Å²) in [4.78, 5) is 18.6. The Bertz CT molecular complexity index is 1330. The first-order valence-electron chi connectivity index (χ1n) is 10.1. The second-order valence-electron chi connectivity index (χ2n) is 7.09. The lowest BCUT2D eigenvalue weighted by molar-refractivity contribution is -0.384. The van der Waals surface area contributed by atoms with Crippen LogP contribution >= 0.6 is 11.8 Å². The Balaban J connectivity index is 1.36. The van der Waals surface area contributed by atoms with Crippen molar-refractivity contribution in [2.45, 2.75) is 10.9 Å². The van der Waals surface area contributed by atoms with Gasteiger partial charge in [0.25, 0.3) is 5.69 Å². The van der Waals surface area contributed by atoms with Gasteiger partial charge in [0.2, 0.25) is 11.8 Å². The number of rotatable bonds is 7. The third-order valence-corrected chi connectivity index (χ3v) is 5.77. The van der Waals surface area contributed by atoms with Crippen LogP contribution in [-0.4, -0.2) is 25.1 Å². The third-order valence-electron chi connectivity index (χ3n) is 4.92. The Kier molecular flexibility index (Phi) is 5.69. The summed E-state index contributed by atoms with van der Waals surface area (Å²) in [5, 5.41) is 19.7. The number of nitro groups is 1. The maximum Gasteiger partial charge on any atom is 0.269 e. The van der Waals surface area contributed by atoms with Gasteiger partial charge in [-0.1, -0.05) is 72.4 Å². The largest absolute Gasteiger partial charge is 0.420 e. The standard InChI is InChI=1S/C24H17N5O3S/c30-29(31)19-13-11-18(12-14-19)23-28-27-20(32-23)15-33-24-25-21(16-7-3-1-4-8-16)22(26-24)17-9-5-2-6-10-17/h1-14H,15H2,(H,25,26). The quantitative estimate of drug-likeness (QED) is 0.182. The molecule has 0 unspecified atom stereocenters. The molecule has 3 aromatic carbocycles. The normalized spacial score (nSPS) is 10.9. The van der Waals surface area contributed by atoms with E-state index in [-0.39, 0.29) is 5.69 Å². The van der Waals surface area contributed by atoms with Gasteiger partial charge in [-0.3, -0.25) is 10.1 Å². The van der Waals surface area contributed by atoms with Gasteiger partial charge in [0, 0.05) is 28.8 Å². The molecule has 162 valence electrons. The molecule has 0 fully saturated rings. The minimum atomic E-state index is -0.448. The molecule has 0 aliphatic carbocycles. The number of hydrogen-bond donors (Lipinski definition) is 1. The van der Waals surface area contributed by atoms with Gasteiger partial charge in [-0.05, 0) is 12.1 Å². The van der Waals surface area contributed by atoms with Crippen LogP contribution in [0.4, 0.5) is 5.69 Å². The Morgan fingerprint density at radius 2 is 1.52 bits per heavy atom. The average Bonchev–Trinajstić information content (AvgIpc) is 3.51. The van der Waals surface area contributed by atoms with Gasteiger partial charge in [0.15, 0.2) is 5.16 Å². The van der Waals surface area contributed by atoms with Crippen molar-refractivity contribution in [3.63, 3.8) is 0 Å². The van der Waals surface area contributed by atoms with Crippen LogP contribution in [0.5, 0.6) is 0 Å². The number of benzene rings is 3. The zero-order valence-corrected chi connectivity index (χ0v) is 18.0. The summed E-state index contributed by atoms with van der Waals surface area (Å²) >= 11 is 1.46. The van der Waals surface area contributed by atoms with Crippen molar-refractivity contribution in [3.8, 4) is 34.0 Å². The first kappa shape index (κ1) is 20.7. The summed E-state index contributed by atoms with van der Waals surface area (Å²) in [6.45, 7) is 0. The van der Waals surface area contributed by atoms with E-state index in [0.717, 1.165) is 27.7 Å². The molecule has 5 aromatic rings. The monoisotopic (exact) mass is 455 g/mol. The fraction of sp³-hybridized carbons (Fsp3) is 0.0417. The van der Waals surface area contributed by atoms with Crippen LogP contribution in [0.1, 0.15) is 5.89 Å². The number of aromatic nitrogens is 4. The highest BCUT2D eigenvalue weighted by molar-refractivity contribution is 7.98. The Morgan fingerprint density at radius 1 is 0.848 bits per heavy atom. The van der Waals surface area contributed by atoms with Gasteiger partial charge in [0.05, 0.1) is 22.1 Å². The van der Waals surface area contributed by atoms with Crippen LogP contribution in [-0.2, 0) is 5.75 Å². The van der Waals surface area contributed by atoms with E-state index in [4.69, 9.17) is 9.40 Å². The molecule has 0 bridgehead atoms. The molecule has 5 rings (SSSR count). The van der Waals surface area contributed by atoms with Crippen LogP contribution in [0.25, 0.3) is 34.0 Å². The van der Waals surface area contributed by atoms with Crippen molar-refractivity contribution >= 4 is 17.4 Å². The van der Waals surface area contributed by atoms with Crippen LogP contribution in [0, 0.1) is 10.1 Å². The number of aromatic amines is 1. The molecule has 0 aliphatic rings. The molecule has 1 N–H and O–H groups in total. The molecule has 2 heterocycles. The van der Waals surface area contributed by atoms with E-state index < -0.39 is 4.92 Å². The molecule has 0 aliphatic heterocycles. The molecule has 0 spiro atoms. The van der Waals surface area contributed by atoms with Gasteiger partial charge in [-0.15, -0.1) is 10.2 Å². The Labute approximate surface area is 192 Å². The van der Waals surface area contributed by atoms with E-state index in [1.165, 1.54) is 23.9 Å². The van der Waals surface area contributed by atoms with E-state index in [9.17, 15) is 10.1 Å². The molecular formula is C24H17N5O3S. The van der Waals surface area contributed by atoms with Crippen molar-refractivity contribution < 1.29 is 9.34 Å². The summed E-state index contributed by atoms with van der Waals surface area (Å²) < 4.78 is 5.74. The summed E-state index contributed by atoms with van der Waals surface area (Å²) in [5.74, 6) is 1.18. The number of nitrogens with one attached hydrogen (secondary N) is 1. The zero-order chi connectivity index (χ0) is 22.6. The predicted octanol–water partition coefficient (Wildman–Crippen LogP) is 5.99. The highest BCUT2D eigenvalue weighted by Gasteiger charge is 2.16. The van der Waals surface area contributed by atoms with Crippen LogP contribution < -0.4 is 0 Å². The second kappa shape index (κ2) is 9.09. The van der Waals surface area contributed by atoms with E-state index in [1.807, 2.05) is 60.7 Å². The molecule has 0 radical (unpaired) electrons. The van der Waals surface area contributed by atoms with Crippen LogP contribution in [0.15, 0.2) is 94.5 Å². The predicted molar refractivity (Wildman–Crippen MR) is 125 cm³/mol. The topological polar surface area (TPSA) is 111 Å². The molecular weight excluding hydrogens is 438 g/mol. The molecule has 0 saturated heterocycles. The number of H-pyrrole nitrogens is 1. The highest BCUT2D eigenvalue weighted by atomic mass is 32.2. The minimum absolute atomic E-state index is 0.00954. The summed E-state index contributed by atoms with van der Waals surface area (Å²) in [6.07, 6.45) is 0. The first-order chi connectivity index (χ1) is 16.2. The lowest BCUT2D eigenvalue weighted by atomic mass is 10.1. The number of non-ortho nitro benzene ring substituents is 1. The smallest absolute Gasteiger partial charge is 0.269 e. The molecule has 2 aromatic heterocycles. The number of thioether (sulfide) groups is 1. The molecule has 0 atom stereocenters. The number of nitrogens with zero attached hydrogens (tertiary/aromatic N) is 4. The van der Waals surface area contributed by atoms with Crippen molar-refractivity contribution in [3.05, 3.63) is 101 Å². The van der Waals surface area contributed by atoms with Crippen molar-refractivity contribution in [2.24, 2.45) is 0 Å². The van der Waals surface area contributed by atoms with Gasteiger partial charge in [0.1, 0.15) is 0 Å². The third kappa shape index (κ3) is 4.53. The Hall–Kier alpha value is -4.24. The SMILES string of the molecule is O=[N+]([O-])c1ccc(-c2nnc(CSc3nc(-c4ccccc4)c(-c4ccccc4)[nH]3)o2)cc1. The van der Waals surface area contributed by atoms with E-state index in [1.54, 1.807) is 12.1 Å². The van der Waals surface area contributed by atoms with Gasteiger partial charge < -0.3 is 9.40 Å². The van der Waals surface area contributed by atoms with E-state index >= 15 is 0 Å².